The maximum atomic E-state index is 6.11. The summed E-state index contributed by atoms with van der Waals surface area (Å²) < 4.78 is 7.35. The van der Waals surface area contributed by atoms with Crippen LogP contribution >= 0.6 is 0 Å². The molecule has 0 bridgehead atoms. The minimum absolute atomic E-state index is 0.134. The molecule has 2 N–H and O–H groups in total. The third-order valence-corrected chi connectivity index (χ3v) is 3.20. The number of hydrogen-bond acceptors (Lipinski definition) is 3. The zero-order valence-electron chi connectivity index (χ0n) is 10.7. The van der Waals surface area contributed by atoms with Gasteiger partial charge in [-0.25, -0.2) is 4.68 Å². The van der Waals surface area contributed by atoms with Crippen LogP contribution in [0.15, 0.2) is 59.3 Å². The standard InChI is InChI=1S/C15H15N3O/c1-11-10-17-18(15(11)16)14(13-8-5-9-19-13)12-6-3-2-4-7-12/h2-10,14H,16H2,1H3. The van der Waals surface area contributed by atoms with Gasteiger partial charge in [0.2, 0.25) is 0 Å². The molecular formula is C15H15N3O. The lowest BCUT2D eigenvalue weighted by atomic mass is 10.0. The molecule has 3 aromatic rings. The second-order valence-corrected chi connectivity index (χ2v) is 4.49. The lowest BCUT2D eigenvalue weighted by Gasteiger charge is -2.17. The van der Waals surface area contributed by atoms with Gasteiger partial charge in [-0.2, -0.15) is 5.10 Å². The molecule has 0 amide bonds. The summed E-state index contributed by atoms with van der Waals surface area (Å²) >= 11 is 0. The maximum Gasteiger partial charge on any atom is 0.137 e. The Bertz CT molecular complexity index is 656. The fraction of sp³-hybridized carbons (Fsp3) is 0.133. The Labute approximate surface area is 111 Å². The van der Waals surface area contributed by atoms with Crippen molar-refractivity contribution >= 4 is 5.82 Å². The zero-order chi connectivity index (χ0) is 13.2. The maximum absolute atomic E-state index is 6.11. The molecule has 4 heteroatoms. The van der Waals surface area contributed by atoms with Crippen LogP contribution in [0.25, 0.3) is 0 Å². The van der Waals surface area contributed by atoms with E-state index >= 15 is 0 Å². The summed E-state index contributed by atoms with van der Waals surface area (Å²) in [4.78, 5) is 0. The Balaban J connectivity index is 2.15. The van der Waals surface area contributed by atoms with Crippen LogP contribution in [-0.4, -0.2) is 9.78 Å². The number of nitrogen functional groups attached to an aromatic ring is 1. The summed E-state index contributed by atoms with van der Waals surface area (Å²) in [5.41, 5.74) is 8.16. The van der Waals surface area contributed by atoms with E-state index in [0.717, 1.165) is 16.9 Å². The van der Waals surface area contributed by atoms with E-state index in [1.165, 1.54) is 0 Å². The summed E-state index contributed by atoms with van der Waals surface area (Å²) in [5, 5.41) is 4.38. The van der Waals surface area contributed by atoms with E-state index in [0.29, 0.717) is 5.82 Å². The second kappa shape index (κ2) is 4.65. The molecule has 19 heavy (non-hydrogen) atoms. The number of rotatable bonds is 3. The van der Waals surface area contributed by atoms with Crippen LogP contribution in [0.3, 0.4) is 0 Å². The molecule has 0 fully saturated rings. The summed E-state index contributed by atoms with van der Waals surface area (Å²) in [5.74, 6) is 1.48. The van der Waals surface area contributed by atoms with Gasteiger partial charge in [0.1, 0.15) is 17.6 Å². The summed E-state index contributed by atoms with van der Waals surface area (Å²) in [7, 11) is 0. The average molecular weight is 253 g/mol. The van der Waals surface area contributed by atoms with Gasteiger partial charge in [-0.1, -0.05) is 30.3 Å². The first kappa shape index (κ1) is 11.6. The van der Waals surface area contributed by atoms with Gasteiger partial charge in [-0.3, -0.25) is 0 Å². The molecule has 0 saturated carbocycles. The van der Waals surface area contributed by atoms with E-state index in [-0.39, 0.29) is 6.04 Å². The van der Waals surface area contributed by atoms with Crippen molar-refractivity contribution in [1.29, 1.82) is 0 Å². The number of hydrogen-bond donors (Lipinski definition) is 1. The Kier molecular flexibility index (Phi) is 2.83. The van der Waals surface area contributed by atoms with Crippen molar-refractivity contribution in [2.45, 2.75) is 13.0 Å². The van der Waals surface area contributed by atoms with Crippen molar-refractivity contribution in [1.82, 2.24) is 9.78 Å². The number of aromatic nitrogens is 2. The van der Waals surface area contributed by atoms with Gasteiger partial charge in [-0.15, -0.1) is 0 Å². The molecule has 0 radical (unpaired) electrons. The molecule has 3 rings (SSSR count). The van der Waals surface area contributed by atoms with Gasteiger partial charge in [0, 0.05) is 5.56 Å². The normalized spacial score (nSPS) is 12.5. The third-order valence-electron chi connectivity index (χ3n) is 3.20. The van der Waals surface area contributed by atoms with Gasteiger partial charge in [0.25, 0.3) is 0 Å². The molecule has 0 aliphatic heterocycles. The smallest absolute Gasteiger partial charge is 0.137 e. The molecule has 96 valence electrons. The van der Waals surface area contributed by atoms with Crippen LogP contribution < -0.4 is 5.73 Å². The Hall–Kier alpha value is -2.49. The van der Waals surface area contributed by atoms with E-state index in [1.54, 1.807) is 17.1 Å². The molecule has 0 spiro atoms. The topological polar surface area (TPSA) is 57.0 Å². The van der Waals surface area contributed by atoms with E-state index in [1.807, 2.05) is 49.4 Å². The van der Waals surface area contributed by atoms with Crippen LogP contribution in [-0.2, 0) is 0 Å². The molecular weight excluding hydrogens is 238 g/mol. The molecule has 0 aliphatic rings. The largest absolute Gasteiger partial charge is 0.467 e. The lowest BCUT2D eigenvalue weighted by Crippen LogP contribution is -2.15. The monoisotopic (exact) mass is 253 g/mol. The van der Waals surface area contributed by atoms with E-state index in [4.69, 9.17) is 10.2 Å². The minimum atomic E-state index is -0.134. The summed E-state index contributed by atoms with van der Waals surface area (Å²) in [6, 6.07) is 13.7. The minimum Gasteiger partial charge on any atom is -0.467 e. The van der Waals surface area contributed by atoms with Crippen molar-refractivity contribution in [2.75, 3.05) is 5.73 Å². The highest BCUT2D eigenvalue weighted by atomic mass is 16.3. The molecule has 1 unspecified atom stereocenters. The second-order valence-electron chi connectivity index (χ2n) is 4.49. The van der Waals surface area contributed by atoms with Crippen molar-refractivity contribution in [2.24, 2.45) is 0 Å². The number of anilines is 1. The van der Waals surface area contributed by atoms with Gasteiger partial charge in [0.05, 0.1) is 12.5 Å². The van der Waals surface area contributed by atoms with Crippen LogP contribution in [0.4, 0.5) is 5.82 Å². The molecule has 0 saturated heterocycles. The first-order valence-electron chi connectivity index (χ1n) is 6.15. The molecule has 2 aromatic heterocycles. The number of benzene rings is 1. The zero-order valence-corrected chi connectivity index (χ0v) is 10.7. The van der Waals surface area contributed by atoms with Crippen LogP contribution in [0, 0.1) is 6.92 Å². The van der Waals surface area contributed by atoms with Gasteiger partial charge < -0.3 is 10.2 Å². The van der Waals surface area contributed by atoms with Crippen LogP contribution in [0.5, 0.6) is 0 Å². The Morgan fingerprint density at radius 3 is 2.53 bits per heavy atom. The van der Waals surface area contributed by atoms with Crippen LogP contribution in [0.2, 0.25) is 0 Å². The van der Waals surface area contributed by atoms with Gasteiger partial charge in [0.15, 0.2) is 0 Å². The molecule has 1 aromatic carbocycles. The van der Waals surface area contributed by atoms with Gasteiger partial charge >= 0.3 is 0 Å². The summed E-state index contributed by atoms with van der Waals surface area (Å²) in [6.45, 7) is 1.95. The fourth-order valence-corrected chi connectivity index (χ4v) is 2.17. The SMILES string of the molecule is Cc1cnn(C(c2ccccc2)c2ccco2)c1N. The average Bonchev–Trinajstić information content (AvgIpc) is 3.06. The van der Waals surface area contributed by atoms with E-state index in [2.05, 4.69) is 5.10 Å². The molecule has 0 aliphatic carbocycles. The number of aryl methyl sites for hydroxylation is 1. The first-order chi connectivity index (χ1) is 9.27. The lowest BCUT2D eigenvalue weighted by molar-refractivity contribution is 0.444. The highest BCUT2D eigenvalue weighted by Crippen LogP contribution is 2.29. The van der Waals surface area contributed by atoms with Crippen LogP contribution in [0.1, 0.15) is 22.9 Å². The van der Waals surface area contributed by atoms with Crippen molar-refractivity contribution in [3.05, 3.63) is 71.8 Å². The molecule has 1 atom stereocenters. The first-order valence-corrected chi connectivity index (χ1v) is 6.15. The molecule has 4 nitrogen and oxygen atoms in total. The van der Waals surface area contributed by atoms with Gasteiger partial charge in [-0.05, 0) is 24.6 Å². The number of nitrogens with two attached hydrogens (primary N) is 1. The Morgan fingerprint density at radius 1 is 1.16 bits per heavy atom. The fourth-order valence-electron chi connectivity index (χ4n) is 2.17. The quantitative estimate of drug-likeness (QED) is 0.780. The number of furan rings is 1. The van der Waals surface area contributed by atoms with Crippen molar-refractivity contribution in [3.8, 4) is 0 Å². The van der Waals surface area contributed by atoms with E-state index in [9.17, 15) is 0 Å². The predicted octanol–water partition coefficient (Wildman–Crippen LogP) is 3.00. The molecule has 2 heterocycles. The highest BCUT2D eigenvalue weighted by Gasteiger charge is 2.22. The highest BCUT2D eigenvalue weighted by molar-refractivity contribution is 5.41. The Morgan fingerprint density at radius 2 is 1.95 bits per heavy atom. The third kappa shape index (κ3) is 2.01. The van der Waals surface area contributed by atoms with Crippen molar-refractivity contribution in [3.63, 3.8) is 0 Å². The summed E-state index contributed by atoms with van der Waals surface area (Å²) in [6.07, 6.45) is 3.44. The van der Waals surface area contributed by atoms with Crippen molar-refractivity contribution < 1.29 is 4.42 Å². The van der Waals surface area contributed by atoms with E-state index < -0.39 is 0 Å². The number of nitrogens with zero attached hydrogens (tertiary/aromatic N) is 2. The predicted molar refractivity (Wildman–Crippen MR) is 73.8 cm³/mol.